The number of halogens is 1. The Labute approximate surface area is 162 Å². The fourth-order valence-electron chi connectivity index (χ4n) is 3.06. The van der Waals surface area contributed by atoms with Gasteiger partial charge in [0.25, 0.3) is 0 Å². The molecule has 9 heteroatoms. The number of carbonyl (C=O) groups excluding carboxylic acids is 1. The second-order valence-corrected chi connectivity index (χ2v) is 8.96. The average Bonchev–Trinajstić information content (AvgIpc) is 2.62. The Morgan fingerprint density at radius 1 is 1.11 bits per heavy atom. The first-order valence-corrected chi connectivity index (χ1v) is 10.5. The maximum absolute atomic E-state index is 12.6. The number of nitrogens with zero attached hydrogens (tertiary/aromatic N) is 2. The Kier molecular flexibility index (Phi) is 5.57. The minimum Gasteiger partial charge on any atom is -0.465 e. The zero-order valence-electron chi connectivity index (χ0n) is 14.5. The highest BCUT2D eigenvalue weighted by atomic mass is 35.5. The van der Waals surface area contributed by atoms with E-state index in [4.69, 9.17) is 16.7 Å². The third kappa shape index (κ3) is 4.51. The van der Waals surface area contributed by atoms with Crippen LogP contribution in [0.3, 0.4) is 0 Å². The maximum Gasteiger partial charge on any atom is 0.407 e. The summed E-state index contributed by atoms with van der Waals surface area (Å²) in [5.41, 5.74) is 0. The zero-order valence-corrected chi connectivity index (χ0v) is 16.0. The van der Waals surface area contributed by atoms with E-state index in [0.717, 1.165) is 15.7 Å². The average molecular weight is 411 g/mol. The van der Waals surface area contributed by atoms with E-state index in [1.165, 1.54) is 4.90 Å². The molecule has 0 unspecified atom stereocenters. The topological polar surface area (TPSA) is 95.0 Å². The van der Waals surface area contributed by atoms with Crippen molar-refractivity contribution in [2.75, 3.05) is 31.9 Å². The molecule has 0 aliphatic carbocycles. The van der Waals surface area contributed by atoms with Crippen LogP contribution in [0.4, 0.5) is 4.79 Å². The molecule has 144 valence electrons. The molecule has 3 rings (SSSR count). The molecule has 7 nitrogen and oxygen atoms in total. The largest absolute Gasteiger partial charge is 0.465 e. The first-order chi connectivity index (χ1) is 12.8. The number of piperazine rings is 1. The van der Waals surface area contributed by atoms with E-state index in [-0.39, 0.29) is 42.7 Å². The monoisotopic (exact) mass is 410 g/mol. The van der Waals surface area contributed by atoms with Gasteiger partial charge in [-0.3, -0.25) is 9.69 Å². The minimum atomic E-state index is -3.48. The Morgan fingerprint density at radius 2 is 1.81 bits per heavy atom. The van der Waals surface area contributed by atoms with Crippen LogP contribution < -0.4 is 0 Å². The molecule has 27 heavy (non-hydrogen) atoms. The number of fused-ring (bicyclic) bond motifs is 1. The quantitative estimate of drug-likeness (QED) is 0.817. The Morgan fingerprint density at radius 3 is 2.52 bits per heavy atom. The van der Waals surface area contributed by atoms with Crippen molar-refractivity contribution in [3.05, 3.63) is 41.4 Å². The lowest BCUT2D eigenvalue weighted by Gasteiger charge is -2.32. The number of amides is 2. The molecule has 2 amide bonds. The van der Waals surface area contributed by atoms with Crippen molar-refractivity contribution in [2.45, 2.75) is 11.3 Å². The predicted octanol–water partition coefficient (Wildman–Crippen LogP) is 2.48. The molecule has 1 aliphatic rings. The molecule has 0 atom stereocenters. The minimum absolute atomic E-state index is 0.0848. The van der Waals surface area contributed by atoms with Gasteiger partial charge in [-0.2, -0.15) is 0 Å². The van der Waals surface area contributed by atoms with E-state index in [1.807, 2.05) is 0 Å². The van der Waals surface area contributed by atoms with Crippen molar-refractivity contribution in [1.29, 1.82) is 0 Å². The van der Waals surface area contributed by atoms with Crippen LogP contribution >= 0.6 is 11.6 Å². The van der Waals surface area contributed by atoms with Crippen LogP contribution in [0.2, 0.25) is 5.02 Å². The Balaban J connectivity index is 1.61. The molecular formula is C18H19ClN2O5S. The molecule has 2 aromatic carbocycles. The summed E-state index contributed by atoms with van der Waals surface area (Å²) in [6.07, 6.45) is -0.831. The van der Waals surface area contributed by atoms with E-state index >= 15 is 0 Å². The molecule has 2 aromatic rings. The third-order valence-electron chi connectivity index (χ3n) is 4.56. The molecule has 0 radical (unpaired) electrons. The van der Waals surface area contributed by atoms with Gasteiger partial charge in [-0.25, -0.2) is 13.2 Å². The highest BCUT2D eigenvalue weighted by Crippen LogP contribution is 2.23. The summed E-state index contributed by atoms with van der Waals surface area (Å²) >= 11 is 5.94. The number of sulfone groups is 1. The fraction of sp³-hybridized carbons (Fsp3) is 0.333. The summed E-state index contributed by atoms with van der Waals surface area (Å²) in [7, 11) is -3.48. The van der Waals surface area contributed by atoms with Gasteiger partial charge in [-0.1, -0.05) is 23.7 Å². The molecule has 0 saturated carbocycles. The van der Waals surface area contributed by atoms with Gasteiger partial charge in [0.2, 0.25) is 5.91 Å². The molecular weight excluding hydrogens is 392 g/mol. The van der Waals surface area contributed by atoms with Gasteiger partial charge in [0.15, 0.2) is 9.84 Å². The van der Waals surface area contributed by atoms with Gasteiger partial charge in [0, 0.05) is 24.7 Å². The standard InChI is InChI=1S/C18H19ClN2O5S/c19-15-4-2-14-11-16(5-3-13(14)10-15)27(25,26)9-1-6-20-7-8-21(18(23)24)12-17(20)22/h2-5,10-11H,1,6-9,12H2,(H,23,24). The fourth-order valence-corrected chi connectivity index (χ4v) is 4.57. The summed E-state index contributed by atoms with van der Waals surface area (Å²) in [5, 5.41) is 11.2. The summed E-state index contributed by atoms with van der Waals surface area (Å²) in [6.45, 7) is 0.618. The number of carboxylic acid groups (broad SMARTS) is 1. The van der Waals surface area contributed by atoms with Crippen LogP contribution in [0.1, 0.15) is 6.42 Å². The van der Waals surface area contributed by atoms with E-state index in [9.17, 15) is 18.0 Å². The van der Waals surface area contributed by atoms with Crippen LogP contribution in [-0.2, 0) is 14.6 Å². The lowest BCUT2D eigenvalue weighted by atomic mass is 10.1. The van der Waals surface area contributed by atoms with Crippen molar-refractivity contribution in [2.24, 2.45) is 0 Å². The second-order valence-electron chi connectivity index (χ2n) is 6.41. The van der Waals surface area contributed by atoms with Crippen LogP contribution in [-0.4, -0.2) is 67.3 Å². The third-order valence-corrected chi connectivity index (χ3v) is 6.60. The Bertz CT molecular complexity index is 992. The van der Waals surface area contributed by atoms with Gasteiger partial charge in [-0.15, -0.1) is 0 Å². The molecule has 1 fully saturated rings. The number of rotatable bonds is 5. The van der Waals surface area contributed by atoms with Gasteiger partial charge < -0.3 is 10.0 Å². The van der Waals surface area contributed by atoms with Gasteiger partial charge in [0.05, 0.1) is 10.6 Å². The molecule has 1 heterocycles. The highest BCUT2D eigenvalue weighted by molar-refractivity contribution is 7.91. The summed E-state index contributed by atoms with van der Waals surface area (Å²) in [5.74, 6) is -0.387. The number of carbonyl (C=O) groups is 2. The van der Waals surface area contributed by atoms with Crippen molar-refractivity contribution in [3.63, 3.8) is 0 Å². The highest BCUT2D eigenvalue weighted by Gasteiger charge is 2.27. The SMILES string of the molecule is O=C(O)N1CCN(CCCS(=O)(=O)c2ccc3cc(Cl)ccc3c2)C(=O)C1. The van der Waals surface area contributed by atoms with Gasteiger partial charge >= 0.3 is 6.09 Å². The van der Waals surface area contributed by atoms with Crippen molar-refractivity contribution in [3.8, 4) is 0 Å². The van der Waals surface area contributed by atoms with Crippen LogP contribution in [0.5, 0.6) is 0 Å². The molecule has 0 aromatic heterocycles. The second kappa shape index (κ2) is 7.74. The van der Waals surface area contributed by atoms with Crippen molar-refractivity contribution < 1.29 is 23.1 Å². The maximum atomic E-state index is 12.6. The summed E-state index contributed by atoms with van der Waals surface area (Å²) in [6, 6.07) is 10.2. The van der Waals surface area contributed by atoms with Crippen molar-refractivity contribution in [1.82, 2.24) is 9.80 Å². The molecule has 1 N–H and O–H groups in total. The summed E-state index contributed by atoms with van der Waals surface area (Å²) < 4.78 is 25.2. The van der Waals surface area contributed by atoms with Crippen molar-refractivity contribution >= 4 is 44.2 Å². The Hall–Kier alpha value is -2.32. The normalized spacial score (nSPS) is 15.4. The molecule has 1 saturated heterocycles. The molecule has 0 spiro atoms. The first kappa shape index (κ1) is 19.4. The first-order valence-electron chi connectivity index (χ1n) is 8.44. The number of benzene rings is 2. The van der Waals surface area contributed by atoms with Gasteiger partial charge in [-0.05, 0) is 41.5 Å². The van der Waals surface area contributed by atoms with E-state index in [2.05, 4.69) is 0 Å². The van der Waals surface area contributed by atoms with Crippen LogP contribution in [0.15, 0.2) is 41.3 Å². The summed E-state index contributed by atoms with van der Waals surface area (Å²) in [4.78, 5) is 25.7. The lowest BCUT2D eigenvalue weighted by molar-refractivity contribution is -0.135. The van der Waals surface area contributed by atoms with Gasteiger partial charge in [0.1, 0.15) is 6.54 Å². The number of hydrogen-bond acceptors (Lipinski definition) is 4. The lowest BCUT2D eigenvalue weighted by Crippen LogP contribution is -2.52. The van der Waals surface area contributed by atoms with Crippen LogP contribution in [0.25, 0.3) is 10.8 Å². The van der Waals surface area contributed by atoms with E-state index in [0.29, 0.717) is 11.4 Å². The number of hydrogen-bond donors (Lipinski definition) is 1. The van der Waals surface area contributed by atoms with E-state index < -0.39 is 15.9 Å². The molecule has 0 bridgehead atoms. The smallest absolute Gasteiger partial charge is 0.407 e. The zero-order chi connectivity index (χ0) is 19.6. The van der Waals surface area contributed by atoms with E-state index in [1.54, 1.807) is 36.4 Å². The predicted molar refractivity (Wildman–Crippen MR) is 102 cm³/mol. The van der Waals surface area contributed by atoms with Crippen LogP contribution in [0, 0.1) is 0 Å². The molecule has 1 aliphatic heterocycles.